The molecule has 9 N–H and O–H groups in total. The number of rotatable bonds is 15. The number of aliphatic hydroxyl groups excluding tert-OH is 2. The van der Waals surface area contributed by atoms with Crippen molar-refractivity contribution in [2.75, 3.05) is 38.3 Å². The third-order valence-corrected chi connectivity index (χ3v) is 15.3. The summed E-state index contributed by atoms with van der Waals surface area (Å²) in [6.45, 7) is 7.43. The minimum Gasteiger partial charge on any atom is -0.508 e. The molecule has 0 radical (unpaired) electrons. The molecule has 81 heavy (non-hydrogen) atoms. The largest absolute Gasteiger partial charge is 0.508 e. The number of ketones is 3. The standard InChI is InChI=1S/C57H60N8O16/c1-6-58-56(76)54-63-62-53(33-18-32(26(2)3)37(67)20-38(33)68)65(54)28-10-12-29(13-11-28)80-30-14-16-64(17-15-30)42-24-59-36(23-60-42)55(75)61-35-19-43(79-27(4)48(35)70)81-40-22-57(77,41(69)25-66)21-34-45(40)52(74)47-46(50(34)72)49(71)31-8-7-9-39(78-5)44(31)51(47)73/h7-13,18,20,23-24,26-27,30,35,40,43,48,66-68,70,72,74,77H,6,14-17,19,21-22,25H2,1-5H3,(H,58,76)(H,61,75)/t27?,35?,40-,43?,48?,57-/m0/s1. The molecule has 0 bridgehead atoms. The first-order valence-corrected chi connectivity index (χ1v) is 26.4. The van der Waals surface area contributed by atoms with Crippen LogP contribution in [0.15, 0.2) is 67.0 Å². The summed E-state index contributed by atoms with van der Waals surface area (Å²) in [6, 6.07) is 13.2. The number of hydrogen-bond acceptors (Lipinski definition) is 21. The van der Waals surface area contributed by atoms with Gasteiger partial charge in [0.1, 0.15) is 70.4 Å². The van der Waals surface area contributed by atoms with Crippen LogP contribution in [0.1, 0.15) is 135 Å². The predicted molar refractivity (Wildman–Crippen MR) is 285 cm³/mol. The van der Waals surface area contributed by atoms with Gasteiger partial charge < -0.3 is 70.2 Å². The number of Topliss-reactive ketones (excluding diaryl/α,β-unsaturated/α-hetero) is 1. The van der Waals surface area contributed by atoms with Gasteiger partial charge in [0, 0.05) is 80.2 Å². The summed E-state index contributed by atoms with van der Waals surface area (Å²) in [4.78, 5) is 78.9. The van der Waals surface area contributed by atoms with Crippen LogP contribution in [0.2, 0.25) is 0 Å². The zero-order valence-electron chi connectivity index (χ0n) is 44.7. The summed E-state index contributed by atoms with van der Waals surface area (Å²) in [5.74, 6) is -4.47. The van der Waals surface area contributed by atoms with Crippen molar-refractivity contribution in [2.24, 2.45) is 0 Å². The van der Waals surface area contributed by atoms with Crippen molar-refractivity contribution in [1.29, 1.82) is 0 Å². The molecule has 4 aromatic carbocycles. The van der Waals surface area contributed by atoms with Gasteiger partial charge in [-0.2, -0.15) is 0 Å². The lowest BCUT2D eigenvalue weighted by Gasteiger charge is -2.42. The summed E-state index contributed by atoms with van der Waals surface area (Å²) in [7, 11) is 1.30. The van der Waals surface area contributed by atoms with E-state index in [1.807, 2.05) is 18.7 Å². The van der Waals surface area contributed by atoms with Gasteiger partial charge in [-0.3, -0.25) is 28.5 Å². The Kier molecular flexibility index (Phi) is 15.3. The second kappa shape index (κ2) is 22.2. The maximum absolute atomic E-state index is 14.1. The highest BCUT2D eigenvalue weighted by atomic mass is 16.7. The first kappa shape index (κ1) is 55.8. The molecule has 2 aliphatic carbocycles. The molecule has 424 valence electrons. The van der Waals surface area contributed by atoms with Crippen LogP contribution in [0.5, 0.6) is 34.5 Å². The van der Waals surface area contributed by atoms with Crippen LogP contribution >= 0.6 is 0 Å². The highest BCUT2D eigenvalue weighted by molar-refractivity contribution is 6.31. The van der Waals surface area contributed by atoms with E-state index >= 15 is 0 Å². The number of aromatic hydroxyl groups is 4. The Morgan fingerprint density at radius 3 is 2.28 bits per heavy atom. The number of anilines is 1. The lowest BCUT2D eigenvalue weighted by molar-refractivity contribution is -0.249. The molecule has 0 spiro atoms. The van der Waals surface area contributed by atoms with Crippen LogP contribution in [0.25, 0.3) is 17.1 Å². The van der Waals surface area contributed by atoms with Crippen molar-refractivity contribution in [3.63, 3.8) is 0 Å². The zero-order chi connectivity index (χ0) is 57.8. The number of carbonyl (C=O) groups is 5. The number of ether oxygens (including phenoxy) is 4. The van der Waals surface area contributed by atoms with Gasteiger partial charge in [-0.15, -0.1) is 10.2 Å². The molecular formula is C57H60N8O16. The Morgan fingerprint density at radius 1 is 0.889 bits per heavy atom. The van der Waals surface area contributed by atoms with Gasteiger partial charge >= 0.3 is 0 Å². The van der Waals surface area contributed by atoms with Crippen molar-refractivity contribution in [1.82, 2.24) is 35.4 Å². The maximum atomic E-state index is 14.1. The van der Waals surface area contributed by atoms with E-state index in [-0.39, 0.29) is 80.9 Å². The SMILES string of the molecule is CCNC(=O)c1nnc(-c2cc(C(C)C)c(O)cc2O)n1-c1ccc(OC2CCN(c3cnc(C(=O)NC4CC(O[C@H]5C[C@](O)(C(=O)CO)Cc6c(O)c7c(c(O)c65)C(=O)c5c(OC)cccc5C7=O)OC(C)C4O)cn3)CC2)cc1. The first-order valence-electron chi connectivity index (χ1n) is 26.4. The molecule has 4 aliphatic rings. The van der Waals surface area contributed by atoms with E-state index in [1.165, 1.54) is 55.3 Å². The number of carbonyl (C=O) groups excluding carboxylic acids is 5. The Morgan fingerprint density at radius 2 is 1.62 bits per heavy atom. The second-order valence-electron chi connectivity index (χ2n) is 20.8. The number of piperidine rings is 1. The monoisotopic (exact) mass is 1110 g/mol. The number of hydrogen-bond donors (Lipinski definition) is 9. The van der Waals surface area contributed by atoms with Crippen molar-refractivity contribution in [3.05, 3.63) is 117 Å². The number of phenols is 4. The molecule has 10 rings (SSSR count). The minimum absolute atomic E-state index is 0.00161. The number of methoxy groups -OCH3 is 1. The van der Waals surface area contributed by atoms with Crippen LogP contribution in [-0.2, 0) is 20.7 Å². The number of nitrogens with zero attached hydrogens (tertiary/aromatic N) is 6. The van der Waals surface area contributed by atoms with E-state index in [0.717, 1.165) is 0 Å². The fourth-order valence-corrected chi connectivity index (χ4v) is 11.1. The highest BCUT2D eigenvalue weighted by Crippen LogP contribution is 2.53. The topological polar surface area (TPSA) is 348 Å². The van der Waals surface area contributed by atoms with E-state index < -0.39 is 107 Å². The fraction of sp³-hybridized carbons (Fsp3) is 0.386. The summed E-state index contributed by atoms with van der Waals surface area (Å²) in [6.07, 6.45) is -2.80. The van der Waals surface area contributed by atoms with Gasteiger partial charge in [-0.1, -0.05) is 26.0 Å². The van der Waals surface area contributed by atoms with E-state index in [4.69, 9.17) is 18.9 Å². The average Bonchev–Trinajstić information content (AvgIpc) is 4.01. The Balaban J connectivity index is 0.792. The van der Waals surface area contributed by atoms with E-state index in [2.05, 4.69) is 30.8 Å². The number of benzene rings is 4. The predicted octanol–water partition coefficient (Wildman–Crippen LogP) is 3.84. The summed E-state index contributed by atoms with van der Waals surface area (Å²) < 4.78 is 25.6. The van der Waals surface area contributed by atoms with Gasteiger partial charge in [0.15, 0.2) is 23.7 Å². The third kappa shape index (κ3) is 10.2. The lowest BCUT2D eigenvalue weighted by Crippen LogP contribution is -2.56. The molecule has 24 nitrogen and oxygen atoms in total. The van der Waals surface area contributed by atoms with Crippen molar-refractivity contribution in [3.8, 4) is 51.6 Å². The summed E-state index contributed by atoms with van der Waals surface area (Å²) in [5.41, 5.74) is -2.91. The highest BCUT2D eigenvalue weighted by Gasteiger charge is 2.50. The molecule has 2 aromatic heterocycles. The van der Waals surface area contributed by atoms with Crippen LogP contribution in [0, 0.1) is 0 Å². The van der Waals surface area contributed by atoms with Crippen molar-refractivity contribution in [2.45, 2.75) is 108 Å². The lowest BCUT2D eigenvalue weighted by atomic mass is 9.72. The molecule has 2 saturated heterocycles. The molecule has 4 unspecified atom stereocenters. The van der Waals surface area contributed by atoms with Crippen molar-refractivity contribution < 1.29 is 78.7 Å². The average molecular weight is 1110 g/mol. The smallest absolute Gasteiger partial charge is 0.289 e. The van der Waals surface area contributed by atoms with Gasteiger partial charge in [-0.25, -0.2) is 9.97 Å². The second-order valence-corrected chi connectivity index (χ2v) is 20.8. The van der Waals surface area contributed by atoms with Crippen molar-refractivity contribution >= 4 is 35.0 Å². The Bertz CT molecular complexity index is 3470. The van der Waals surface area contributed by atoms with Gasteiger partial charge in [-0.05, 0) is 61.7 Å². The summed E-state index contributed by atoms with van der Waals surface area (Å²) in [5, 5.41) is 91.9. The molecular weight excluding hydrogens is 1050 g/mol. The Labute approximate surface area is 462 Å². The van der Waals surface area contributed by atoms with Crippen LogP contribution < -0.4 is 25.0 Å². The molecule has 0 saturated carbocycles. The third-order valence-electron chi connectivity index (χ3n) is 15.3. The molecule has 6 atom stereocenters. The Hall–Kier alpha value is -8.55. The number of aliphatic hydroxyl groups is 3. The summed E-state index contributed by atoms with van der Waals surface area (Å²) >= 11 is 0. The number of amides is 2. The van der Waals surface area contributed by atoms with E-state index in [1.54, 1.807) is 37.3 Å². The molecule has 6 aromatic rings. The van der Waals surface area contributed by atoms with Gasteiger partial charge in [0.25, 0.3) is 11.8 Å². The van der Waals surface area contributed by atoms with Crippen LogP contribution in [0.3, 0.4) is 0 Å². The van der Waals surface area contributed by atoms with Crippen LogP contribution in [0.4, 0.5) is 5.82 Å². The molecule has 2 aliphatic heterocycles. The molecule has 2 fully saturated rings. The number of aromatic nitrogens is 5. The quantitative estimate of drug-likeness (QED) is 0.0658. The number of fused-ring (bicyclic) bond motifs is 3. The van der Waals surface area contributed by atoms with Crippen LogP contribution in [-0.4, -0.2) is 159 Å². The van der Waals surface area contributed by atoms with E-state index in [0.29, 0.717) is 55.3 Å². The molecule has 2 amide bonds. The first-order chi connectivity index (χ1) is 38.7. The number of phenolic OH excluding ortho intramolecular Hbond substituents is 4. The maximum Gasteiger partial charge on any atom is 0.289 e. The van der Waals surface area contributed by atoms with E-state index in [9.17, 15) is 59.7 Å². The van der Waals surface area contributed by atoms with Gasteiger partial charge in [0.05, 0.1) is 60.0 Å². The zero-order valence-corrected chi connectivity index (χ0v) is 44.7. The fourth-order valence-electron chi connectivity index (χ4n) is 11.1. The minimum atomic E-state index is -2.39. The van der Waals surface area contributed by atoms with Gasteiger partial charge in [0.2, 0.25) is 11.6 Å². The molecule has 24 heteroatoms. The molecule has 4 heterocycles. The normalized spacial score (nSPS) is 21.7. The number of nitrogens with one attached hydrogen (secondary N) is 2.